The van der Waals surface area contributed by atoms with Crippen LogP contribution in [-0.2, 0) is 11.3 Å². The third kappa shape index (κ3) is 4.61. The number of rotatable bonds is 7. The second-order valence-electron chi connectivity index (χ2n) is 7.18. The van der Waals surface area contributed by atoms with Crippen molar-refractivity contribution in [2.45, 2.75) is 38.0 Å². The van der Waals surface area contributed by atoms with E-state index in [0.717, 1.165) is 22.2 Å². The van der Waals surface area contributed by atoms with Crippen molar-refractivity contribution in [3.05, 3.63) is 63.5 Å². The van der Waals surface area contributed by atoms with Gasteiger partial charge >= 0.3 is 0 Å². The van der Waals surface area contributed by atoms with Crippen molar-refractivity contribution in [3.8, 4) is 0 Å². The molecule has 3 heterocycles. The Kier molecular flexibility index (Phi) is 6.60. The minimum atomic E-state index is -0.155. The molecule has 160 valence electrons. The van der Waals surface area contributed by atoms with E-state index in [0.29, 0.717) is 20.4 Å². The lowest BCUT2D eigenvalue weighted by molar-refractivity contribution is -0.119. The van der Waals surface area contributed by atoms with Gasteiger partial charge in [-0.15, -0.1) is 11.3 Å². The van der Waals surface area contributed by atoms with Crippen LogP contribution in [0, 0.1) is 0 Å². The zero-order valence-corrected chi connectivity index (χ0v) is 19.5. The van der Waals surface area contributed by atoms with E-state index in [9.17, 15) is 9.59 Å². The van der Waals surface area contributed by atoms with E-state index < -0.39 is 0 Å². The maximum Gasteiger partial charge on any atom is 0.272 e. The molecule has 1 aromatic carbocycles. The number of hydrogen-bond acceptors (Lipinski definition) is 6. The summed E-state index contributed by atoms with van der Waals surface area (Å²) >= 11 is 8.94. The average molecular weight is 473 g/mol. The third-order valence-electron chi connectivity index (χ3n) is 4.96. The van der Waals surface area contributed by atoms with Crippen LogP contribution >= 0.6 is 34.7 Å². The Bertz CT molecular complexity index is 1320. The quantitative estimate of drug-likeness (QED) is 0.311. The molecule has 4 aromatic rings. The van der Waals surface area contributed by atoms with Gasteiger partial charge in [0.2, 0.25) is 5.91 Å². The maximum atomic E-state index is 13.5. The van der Waals surface area contributed by atoms with E-state index in [1.54, 1.807) is 16.8 Å². The smallest absolute Gasteiger partial charge is 0.272 e. The number of fused-ring (bicyclic) bond motifs is 3. The summed E-state index contributed by atoms with van der Waals surface area (Å²) in [6.45, 7) is 4.26. The van der Waals surface area contributed by atoms with Crippen LogP contribution in [0.3, 0.4) is 0 Å². The molecule has 3 aromatic heterocycles. The van der Waals surface area contributed by atoms with Gasteiger partial charge in [0.1, 0.15) is 9.53 Å². The lowest BCUT2D eigenvalue weighted by Crippen LogP contribution is -2.33. The first kappa shape index (κ1) is 21.8. The summed E-state index contributed by atoms with van der Waals surface area (Å²) in [5.74, 6) is 0.0836. The standard InChI is InChI=1S/C22H21ClN4O2S2/c1-3-13(2)25-17(28)12-30-22-26-18-15-8-6-10-24-20(15)31-19(18)21(29)27(22)11-14-7-4-5-9-16(14)23/h4-10,13H,3,11-12H2,1-2H3,(H,25,28)/t13-/m0/s1. The Morgan fingerprint density at radius 2 is 2.10 bits per heavy atom. The molecule has 0 aliphatic rings. The van der Waals surface area contributed by atoms with Crippen LogP contribution < -0.4 is 10.9 Å². The first-order valence-electron chi connectivity index (χ1n) is 9.91. The molecule has 0 saturated heterocycles. The maximum absolute atomic E-state index is 13.5. The van der Waals surface area contributed by atoms with Crippen LogP contribution in [0.25, 0.3) is 20.4 Å². The molecule has 9 heteroatoms. The molecule has 1 atom stereocenters. The molecule has 0 bridgehead atoms. The van der Waals surface area contributed by atoms with Crippen LogP contribution in [0.1, 0.15) is 25.8 Å². The van der Waals surface area contributed by atoms with E-state index >= 15 is 0 Å². The van der Waals surface area contributed by atoms with Gasteiger partial charge < -0.3 is 5.32 Å². The van der Waals surface area contributed by atoms with Gasteiger partial charge in [-0.3, -0.25) is 14.2 Å². The second-order valence-corrected chi connectivity index (χ2v) is 9.53. The van der Waals surface area contributed by atoms with Gasteiger partial charge in [0, 0.05) is 22.6 Å². The fourth-order valence-corrected chi connectivity index (χ4v) is 5.17. The van der Waals surface area contributed by atoms with E-state index in [-0.39, 0.29) is 29.8 Å². The number of hydrogen-bond donors (Lipinski definition) is 1. The summed E-state index contributed by atoms with van der Waals surface area (Å²) in [7, 11) is 0. The summed E-state index contributed by atoms with van der Waals surface area (Å²) in [6.07, 6.45) is 2.56. The van der Waals surface area contributed by atoms with Crippen molar-refractivity contribution >= 4 is 61.0 Å². The van der Waals surface area contributed by atoms with E-state index in [1.807, 2.05) is 44.2 Å². The summed E-state index contributed by atoms with van der Waals surface area (Å²) < 4.78 is 2.15. The summed E-state index contributed by atoms with van der Waals surface area (Å²) in [6, 6.07) is 11.3. The lowest BCUT2D eigenvalue weighted by atomic mass is 10.2. The summed E-state index contributed by atoms with van der Waals surface area (Å²) in [5.41, 5.74) is 1.29. The summed E-state index contributed by atoms with van der Waals surface area (Å²) in [4.78, 5) is 35.7. The predicted octanol–water partition coefficient (Wildman–Crippen LogP) is 4.71. The number of carbonyl (C=O) groups excluding carboxylic acids is 1. The Labute approximate surface area is 192 Å². The number of pyridine rings is 1. The molecule has 0 fully saturated rings. The number of aromatic nitrogens is 3. The van der Waals surface area contributed by atoms with Gasteiger partial charge in [0.15, 0.2) is 5.16 Å². The zero-order chi connectivity index (χ0) is 22.0. The number of nitrogens with zero attached hydrogens (tertiary/aromatic N) is 3. The minimum absolute atomic E-state index is 0.0881. The first-order valence-corrected chi connectivity index (χ1v) is 12.1. The SMILES string of the molecule is CC[C@H](C)NC(=O)CSc1nc2c(sc3ncccc32)c(=O)n1Cc1ccccc1Cl. The summed E-state index contributed by atoms with van der Waals surface area (Å²) in [5, 5.41) is 4.86. The number of thiophene rings is 1. The molecular formula is C22H21ClN4O2S2. The van der Waals surface area contributed by atoms with Gasteiger partial charge in [0.05, 0.1) is 17.8 Å². The zero-order valence-electron chi connectivity index (χ0n) is 17.1. The third-order valence-corrected chi connectivity index (χ3v) is 7.39. The number of nitrogens with one attached hydrogen (secondary N) is 1. The molecule has 0 radical (unpaired) electrons. The molecule has 1 amide bonds. The topological polar surface area (TPSA) is 76.9 Å². The molecule has 0 unspecified atom stereocenters. The van der Waals surface area contributed by atoms with Gasteiger partial charge in [-0.25, -0.2) is 9.97 Å². The second kappa shape index (κ2) is 9.38. The monoisotopic (exact) mass is 472 g/mol. The Morgan fingerprint density at radius 1 is 1.29 bits per heavy atom. The molecule has 0 aliphatic carbocycles. The largest absolute Gasteiger partial charge is 0.353 e. The number of halogens is 1. The van der Waals surface area contributed by atoms with Crippen molar-refractivity contribution in [3.63, 3.8) is 0 Å². The fraction of sp³-hybridized carbons (Fsp3) is 0.273. The van der Waals surface area contributed by atoms with Gasteiger partial charge in [-0.2, -0.15) is 0 Å². The number of carbonyl (C=O) groups is 1. The van der Waals surface area contributed by atoms with E-state index in [4.69, 9.17) is 16.6 Å². The molecule has 1 N–H and O–H groups in total. The van der Waals surface area contributed by atoms with Crippen LogP contribution in [0.15, 0.2) is 52.5 Å². The Balaban J connectivity index is 1.78. The number of thioether (sulfide) groups is 1. The molecule has 0 saturated carbocycles. The predicted molar refractivity (Wildman–Crippen MR) is 128 cm³/mol. The number of benzene rings is 1. The molecule has 0 aliphatic heterocycles. The molecule has 4 rings (SSSR count). The van der Waals surface area contributed by atoms with E-state index in [1.165, 1.54) is 23.1 Å². The molecular weight excluding hydrogens is 452 g/mol. The Morgan fingerprint density at radius 3 is 2.87 bits per heavy atom. The van der Waals surface area contributed by atoms with Crippen LogP contribution in [-0.4, -0.2) is 32.2 Å². The van der Waals surface area contributed by atoms with Gasteiger partial charge in [-0.1, -0.05) is 48.5 Å². The lowest BCUT2D eigenvalue weighted by Gasteiger charge is -2.14. The molecule has 6 nitrogen and oxygen atoms in total. The van der Waals surface area contributed by atoms with Crippen LogP contribution in [0.5, 0.6) is 0 Å². The highest BCUT2D eigenvalue weighted by atomic mass is 35.5. The highest BCUT2D eigenvalue weighted by Crippen LogP contribution is 2.31. The van der Waals surface area contributed by atoms with E-state index in [2.05, 4.69) is 10.3 Å². The fourth-order valence-electron chi connectivity index (χ4n) is 3.14. The van der Waals surface area contributed by atoms with Gasteiger partial charge in [0.25, 0.3) is 5.56 Å². The van der Waals surface area contributed by atoms with Gasteiger partial charge in [-0.05, 0) is 37.1 Å². The number of amides is 1. The van der Waals surface area contributed by atoms with Crippen LogP contribution in [0.4, 0.5) is 0 Å². The Hall–Kier alpha value is -2.42. The van der Waals surface area contributed by atoms with Crippen molar-refractivity contribution in [1.29, 1.82) is 0 Å². The molecule has 0 spiro atoms. The first-order chi connectivity index (χ1) is 15.0. The van der Waals surface area contributed by atoms with Crippen molar-refractivity contribution < 1.29 is 4.79 Å². The van der Waals surface area contributed by atoms with Crippen molar-refractivity contribution in [2.75, 3.05) is 5.75 Å². The average Bonchev–Trinajstić information content (AvgIpc) is 3.14. The van der Waals surface area contributed by atoms with Crippen LogP contribution in [0.2, 0.25) is 5.02 Å². The highest BCUT2D eigenvalue weighted by molar-refractivity contribution is 7.99. The highest BCUT2D eigenvalue weighted by Gasteiger charge is 2.19. The normalized spacial score (nSPS) is 12.4. The minimum Gasteiger partial charge on any atom is -0.353 e. The van der Waals surface area contributed by atoms with Crippen molar-refractivity contribution in [2.24, 2.45) is 0 Å². The molecule has 31 heavy (non-hydrogen) atoms. The van der Waals surface area contributed by atoms with Crippen molar-refractivity contribution in [1.82, 2.24) is 19.9 Å².